The van der Waals surface area contributed by atoms with Gasteiger partial charge < -0.3 is 9.64 Å². The Morgan fingerprint density at radius 2 is 2.00 bits per heavy atom. The van der Waals surface area contributed by atoms with E-state index in [4.69, 9.17) is 4.74 Å². The molecule has 0 bridgehead atoms. The summed E-state index contributed by atoms with van der Waals surface area (Å²) >= 11 is 3.35. The first-order valence-corrected chi connectivity index (χ1v) is 7.73. The number of ether oxygens (including phenoxy) is 1. The van der Waals surface area contributed by atoms with Gasteiger partial charge in [-0.05, 0) is 38.1 Å². The normalized spacial score (nSPS) is 10.4. The molecular weight excluding hydrogens is 351 g/mol. The molecular formula is C16H16BrFN2O2. The van der Waals surface area contributed by atoms with Crippen LogP contribution in [0.5, 0.6) is 11.6 Å². The van der Waals surface area contributed by atoms with Gasteiger partial charge in [-0.25, -0.2) is 0 Å². The van der Waals surface area contributed by atoms with Crippen LogP contribution in [0.15, 0.2) is 40.9 Å². The third kappa shape index (κ3) is 3.82. The van der Waals surface area contributed by atoms with Crippen LogP contribution in [0.4, 0.5) is 4.39 Å². The average molecular weight is 367 g/mol. The smallest absolute Gasteiger partial charge is 0.257 e. The average Bonchev–Trinajstić information content (AvgIpc) is 2.50. The molecule has 4 nitrogen and oxygen atoms in total. The largest absolute Gasteiger partial charge is 0.438 e. The van der Waals surface area contributed by atoms with Gasteiger partial charge in [0.1, 0.15) is 5.75 Å². The van der Waals surface area contributed by atoms with E-state index >= 15 is 0 Å². The third-order valence-corrected chi connectivity index (χ3v) is 3.62. The highest BCUT2D eigenvalue weighted by Crippen LogP contribution is 2.28. The summed E-state index contributed by atoms with van der Waals surface area (Å²) in [6, 6.07) is 9.38. The van der Waals surface area contributed by atoms with Crippen LogP contribution < -0.4 is 4.74 Å². The van der Waals surface area contributed by atoms with E-state index in [0.29, 0.717) is 24.4 Å². The van der Waals surface area contributed by atoms with Crippen LogP contribution in [0.25, 0.3) is 0 Å². The number of carbonyl (C=O) groups is 1. The van der Waals surface area contributed by atoms with Gasteiger partial charge in [0.05, 0.1) is 5.56 Å². The molecule has 0 spiro atoms. The highest BCUT2D eigenvalue weighted by Gasteiger charge is 2.19. The number of aromatic nitrogens is 1. The van der Waals surface area contributed by atoms with E-state index in [-0.39, 0.29) is 11.8 Å². The first-order valence-electron chi connectivity index (χ1n) is 6.94. The lowest BCUT2D eigenvalue weighted by Gasteiger charge is -2.20. The topological polar surface area (TPSA) is 42.4 Å². The second-order valence-electron chi connectivity index (χ2n) is 4.52. The number of amides is 1. The zero-order chi connectivity index (χ0) is 16.1. The lowest BCUT2D eigenvalue weighted by atomic mass is 10.1. The second kappa shape index (κ2) is 7.35. The number of nitrogens with zero attached hydrogens (tertiary/aromatic N) is 2. The van der Waals surface area contributed by atoms with Crippen LogP contribution in [0.3, 0.4) is 0 Å². The molecule has 0 atom stereocenters. The predicted octanol–water partition coefficient (Wildman–Crippen LogP) is 4.26. The number of halogens is 2. The molecule has 2 rings (SSSR count). The van der Waals surface area contributed by atoms with E-state index < -0.39 is 5.95 Å². The summed E-state index contributed by atoms with van der Waals surface area (Å²) in [6.45, 7) is 5.01. The predicted molar refractivity (Wildman–Crippen MR) is 85.7 cm³/mol. The minimum atomic E-state index is -0.633. The highest BCUT2D eigenvalue weighted by atomic mass is 79.9. The van der Waals surface area contributed by atoms with Gasteiger partial charge in [-0.1, -0.05) is 22.0 Å². The molecule has 6 heteroatoms. The summed E-state index contributed by atoms with van der Waals surface area (Å²) in [5.41, 5.74) is 0.407. The van der Waals surface area contributed by atoms with Crippen LogP contribution in [0.1, 0.15) is 24.2 Å². The van der Waals surface area contributed by atoms with E-state index in [1.54, 1.807) is 23.1 Å². The summed E-state index contributed by atoms with van der Waals surface area (Å²) in [7, 11) is 0. The minimum absolute atomic E-state index is 0.107. The Balaban J connectivity index is 2.37. The van der Waals surface area contributed by atoms with Crippen molar-refractivity contribution in [2.45, 2.75) is 13.8 Å². The van der Waals surface area contributed by atoms with Crippen molar-refractivity contribution < 1.29 is 13.9 Å². The zero-order valence-corrected chi connectivity index (χ0v) is 13.9. The minimum Gasteiger partial charge on any atom is -0.438 e. The fourth-order valence-electron chi connectivity index (χ4n) is 2.00. The molecule has 0 saturated carbocycles. The highest BCUT2D eigenvalue weighted by molar-refractivity contribution is 9.10. The second-order valence-corrected chi connectivity index (χ2v) is 5.43. The van der Waals surface area contributed by atoms with E-state index in [9.17, 15) is 9.18 Å². The van der Waals surface area contributed by atoms with Crippen molar-refractivity contribution in [1.29, 1.82) is 0 Å². The molecule has 0 N–H and O–H groups in total. The lowest BCUT2D eigenvalue weighted by Crippen LogP contribution is -2.30. The number of hydrogen-bond acceptors (Lipinski definition) is 3. The molecule has 0 aliphatic carbocycles. The lowest BCUT2D eigenvalue weighted by molar-refractivity contribution is 0.0770. The standard InChI is InChI=1S/C16H16BrFN2O2/c1-3-20(4-2)16(21)12-10-11(17)8-9-13(12)22-15-7-5-6-14(18)19-15/h5-10H,3-4H2,1-2H3. The van der Waals surface area contributed by atoms with Crippen LogP contribution in [0.2, 0.25) is 0 Å². The summed E-state index contributed by atoms with van der Waals surface area (Å²) in [5, 5.41) is 0. The van der Waals surface area contributed by atoms with Gasteiger partial charge in [-0.2, -0.15) is 9.37 Å². The van der Waals surface area contributed by atoms with E-state index in [0.717, 1.165) is 4.47 Å². The quantitative estimate of drug-likeness (QED) is 0.742. The molecule has 0 radical (unpaired) electrons. The Bertz CT molecular complexity index is 675. The van der Waals surface area contributed by atoms with Gasteiger partial charge in [0.15, 0.2) is 0 Å². The SMILES string of the molecule is CCN(CC)C(=O)c1cc(Br)ccc1Oc1cccc(F)n1. The summed E-state index contributed by atoms with van der Waals surface area (Å²) in [4.78, 5) is 17.9. The van der Waals surface area contributed by atoms with Gasteiger partial charge >= 0.3 is 0 Å². The molecule has 1 heterocycles. The molecule has 0 saturated heterocycles. The Kier molecular flexibility index (Phi) is 5.49. The number of benzene rings is 1. The molecule has 0 fully saturated rings. The van der Waals surface area contributed by atoms with Crippen molar-refractivity contribution in [2.75, 3.05) is 13.1 Å². The molecule has 0 aliphatic heterocycles. The fourth-order valence-corrected chi connectivity index (χ4v) is 2.36. The molecule has 116 valence electrons. The number of hydrogen-bond donors (Lipinski definition) is 0. The third-order valence-electron chi connectivity index (χ3n) is 3.13. The van der Waals surface area contributed by atoms with Crippen LogP contribution in [-0.4, -0.2) is 28.9 Å². The van der Waals surface area contributed by atoms with Crippen molar-refractivity contribution in [1.82, 2.24) is 9.88 Å². The molecule has 0 aliphatic rings. The summed E-state index contributed by atoms with van der Waals surface area (Å²) < 4.78 is 19.5. The fraction of sp³-hybridized carbons (Fsp3) is 0.250. The molecule has 22 heavy (non-hydrogen) atoms. The van der Waals surface area contributed by atoms with Crippen molar-refractivity contribution in [3.8, 4) is 11.6 Å². The molecule has 1 amide bonds. The van der Waals surface area contributed by atoms with Crippen LogP contribution >= 0.6 is 15.9 Å². The van der Waals surface area contributed by atoms with Gasteiger partial charge in [-0.3, -0.25) is 4.79 Å². The molecule has 1 aromatic carbocycles. The summed E-state index contributed by atoms with van der Waals surface area (Å²) in [5.74, 6) is -0.321. The first-order chi connectivity index (χ1) is 10.5. The Morgan fingerprint density at radius 3 is 2.64 bits per heavy atom. The Hall–Kier alpha value is -1.95. The Labute approximate surface area is 137 Å². The maximum Gasteiger partial charge on any atom is 0.257 e. The Morgan fingerprint density at radius 1 is 1.27 bits per heavy atom. The van der Waals surface area contributed by atoms with Crippen molar-refractivity contribution in [2.24, 2.45) is 0 Å². The number of carbonyl (C=O) groups excluding carboxylic acids is 1. The summed E-state index contributed by atoms with van der Waals surface area (Å²) in [6.07, 6.45) is 0. The van der Waals surface area contributed by atoms with Crippen LogP contribution in [0, 0.1) is 5.95 Å². The number of pyridine rings is 1. The van der Waals surface area contributed by atoms with E-state index in [1.165, 1.54) is 18.2 Å². The van der Waals surface area contributed by atoms with Gasteiger partial charge in [0, 0.05) is 23.6 Å². The maximum absolute atomic E-state index is 13.2. The molecule has 0 unspecified atom stereocenters. The zero-order valence-electron chi connectivity index (χ0n) is 12.3. The molecule has 1 aromatic heterocycles. The van der Waals surface area contributed by atoms with E-state index in [2.05, 4.69) is 20.9 Å². The monoisotopic (exact) mass is 366 g/mol. The van der Waals surface area contributed by atoms with Crippen LogP contribution in [-0.2, 0) is 0 Å². The maximum atomic E-state index is 13.2. The van der Waals surface area contributed by atoms with Gasteiger partial charge in [0.25, 0.3) is 5.91 Å². The van der Waals surface area contributed by atoms with Crippen molar-refractivity contribution in [3.63, 3.8) is 0 Å². The van der Waals surface area contributed by atoms with Crippen molar-refractivity contribution in [3.05, 3.63) is 52.4 Å². The molecule has 2 aromatic rings. The van der Waals surface area contributed by atoms with Crippen molar-refractivity contribution >= 4 is 21.8 Å². The van der Waals surface area contributed by atoms with Gasteiger partial charge in [-0.15, -0.1) is 0 Å². The number of rotatable bonds is 5. The van der Waals surface area contributed by atoms with Gasteiger partial charge in [0.2, 0.25) is 11.8 Å². The first kappa shape index (κ1) is 16.4. The van der Waals surface area contributed by atoms with E-state index in [1.807, 2.05) is 13.8 Å².